The molecule has 2 aliphatic rings. The maximum atomic E-state index is 12.2. The van der Waals surface area contributed by atoms with Crippen LogP contribution in [0.15, 0.2) is 0 Å². The molecule has 0 spiro atoms. The Kier molecular flexibility index (Phi) is 10.8. The molecule has 5 nitrogen and oxygen atoms in total. The number of unbranched alkanes of at least 4 members (excludes halogenated alkanes) is 1. The Bertz CT molecular complexity index is 392. The summed E-state index contributed by atoms with van der Waals surface area (Å²) in [5, 5.41) is 0. The van der Waals surface area contributed by atoms with Crippen LogP contribution in [-0.4, -0.2) is 44.8 Å². The first-order valence-electron chi connectivity index (χ1n) is 11.4. The van der Waals surface area contributed by atoms with E-state index in [9.17, 15) is 9.59 Å². The molecule has 2 saturated carbocycles. The largest absolute Gasteiger partial charge is 0.459 e. The lowest BCUT2D eigenvalue weighted by Gasteiger charge is -2.23. The van der Waals surface area contributed by atoms with Crippen LogP contribution in [0, 0.1) is 11.8 Å². The molecule has 0 atom stereocenters. The van der Waals surface area contributed by atoms with Crippen molar-refractivity contribution in [1.82, 2.24) is 0 Å². The SMILES string of the molecule is CCCC[NH+](CCOC(=O)C1CCCCC1)CCOC(=O)C1CCCCC1. The Morgan fingerprint density at radius 1 is 0.741 bits per heavy atom. The highest BCUT2D eigenvalue weighted by Gasteiger charge is 2.24. The molecule has 0 heterocycles. The van der Waals surface area contributed by atoms with Crippen molar-refractivity contribution in [3.8, 4) is 0 Å². The van der Waals surface area contributed by atoms with Gasteiger partial charge in [0, 0.05) is 0 Å². The van der Waals surface area contributed by atoms with E-state index in [0.717, 1.165) is 83.8 Å². The summed E-state index contributed by atoms with van der Waals surface area (Å²) >= 11 is 0. The van der Waals surface area contributed by atoms with Crippen LogP contribution in [0.2, 0.25) is 0 Å². The summed E-state index contributed by atoms with van der Waals surface area (Å²) in [5.41, 5.74) is 0. The second-order valence-electron chi connectivity index (χ2n) is 8.36. The number of nitrogens with one attached hydrogen (secondary N) is 1. The first-order chi connectivity index (χ1) is 13.2. The topological polar surface area (TPSA) is 57.0 Å². The second kappa shape index (κ2) is 13.1. The van der Waals surface area contributed by atoms with Crippen LogP contribution in [0.5, 0.6) is 0 Å². The highest BCUT2D eigenvalue weighted by atomic mass is 16.5. The number of rotatable bonds is 11. The van der Waals surface area contributed by atoms with Crippen LogP contribution in [0.25, 0.3) is 0 Å². The summed E-state index contributed by atoms with van der Waals surface area (Å²) in [6, 6.07) is 0. The zero-order valence-corrected chi connectivity index (χ0v) is 17.3. The molecule has 156 valence electrons. The maximum absolute atomic E-state index is 12.2. The third kappa shape index (κ3) is 8.63. The second-order valence-corrected chi connectivity index (χ2v) is 8.36. The fraction of sp³-hybridized carbons (Fsp3) is 0.909. The highest BCUT2D eigenvalue weighted by molar-refractivity contribution is 5.72. The number of quaternary nitrogens is 1. The lowest BCUT2D eigenvalue weighted by molar-refractivity contribution is -0.900. The third-order valence-corrected chi connectivity index (χ3v) is 6.16. The number of esters is 2. The van der Waals surface area contributed by atoms with Crippen LogP contribution in [-0.2, 0) is 19.1 Å². The van der Waals surface area contributed by atoms with E-state index in [-0.39, 0.29) is 23.8 Å². The molecule has 27 heavy (non-hydrogen) atoms. The van der Waals surface area contributed by atoms with Crippen LogP contribution in [0.3, 0.4) is 0 Å². The minimum atomic E-state index is -0.00623. The van der Waals surface area contributed by atoms with Gasteiger partial charge in [0.15, 0.2) is 0 Å². The molecule has 0 saturated heterocycles. The zero-order valence-electron chi connectivity index (χ0n) is 17.3. The fourth-order valence-electron chi connectivity index (χ4n) is 4.31. The Morgan fingerprint density at radius 3 is 1.59 bits per heavy atom. The Balaban J connectivity index is 1.64. The van der Waals surface area contributed by atoms with Gasteiger partial charge < -0.3 is 14.4 Å². The van der Waals surface area contributed by atoms with Gasteiger partial charge in [0.2, 0.25) is 0 Å². The van der Waals surface area contributed by atoms with Crippen LogP contribution >= 0.6 is 0 Å². The highest BCUT2D eigenvalue weighted by Crippen LogP contribution is 2.25. The summed E-state index contributed by atoms with van der Waals surface area (Å²) in [5.74, 6) is 0.227. The fourth-order valence-corrected chi connectivity index (χ4v) is 4.31. The minimum absolute atomic E-state index is 0.00623. The van der Waals surface area contributed by atoms with Gasteiger partial charge in [-0.05, 0) is 32.1 Å². The van der Waals surface area contributed by atoms with Gasteiger partial charge in [0.1, 0.15) is 26.3 Å². The number of carbonyl (C=O) groups is 2. The van der Waals surface area contributed by atoms with E-state index in [1.54, 1.807) is 0 Å². The average Bonchev–Trinajstić information content (AvgIpc) is 2.72. The van der Waals surface area contributed by atoms with E-state index in [1.807, 2.05) is 0 Å². The van der Waals surface area contributed by atoms with Crippen LogP contribution in [0.1, 0.15) is 84.0 Å². The van der Waals surface area contributed by atoms with Crippen molar-refractivity contribution in [1.29, 1.82) is 0 Å². The van der Waals surface area contributed by atoms with Crippen molar-refractivity contribution in [3.05, 3.63) is 0 Å². The molecular weight excluding hydrogens is 342 g/mol. The Morgan fingerprint density at radius 2 is 1.19 bits per heavy atom. The molecule has 2 rings (SSSR count). The van der Waals surface area contributed by atoms with Gasteiger partial charge in [-0.2, -0.15) is 0 Å². The molecule has 0 unspecified atom stereocenters. The van der Waals surface area contributed by atoms with Gasteiger partial charge in [-0.15, -0.1) is 0 Å². The monoisotopic (exact) mass is 382 g/mol. The van der Waals surface area contributed by atoms with E-state index in [4.69, 9.17) is 9.47 Å². The van der Waals surface area contributed by atoms with Crippen molar-refractivity contribution < 1.29 is 24.0 Å². The van der Waals surface area contributed by atoms with E-state index in [1.165, 1.54) is 17.7 Å². The first kappa shape index (κ1) is 22.2. The Labute approximate surface area is 165 Å². The molecule has 0 bridgehead atoms. The van der Waals surface area contributed by atoms with Crippen LogP contribution in [0.4, 0.5) is 0 Å². The maximum Gasteiger partial charge on any atom is 0.309 e. The number of hydrogen-bond acceptors (Lipinski definition) is 4. The average molecular weight is 383 g/mol. The number of carbonyl (C=O) groups excluding carboxylic acids is 2. The Hall–Kier alpha value is -1.10. The predicted molar refractivity (Wildman–Crippen MR) is 106 cm³/mol. The van der Waals surface area contributed by atoms with Gasteiger partial charge in [-0.3, -0.25) is 9.59 Å². The number of ether oxygens (including phenoxy) is 2. The van der Waals surface area contributed by atoms with Gasteiger partial charge in [0.05, 0.1) is 18.4 Å². The smallest absolute Gasteiger partial charge is 0.309 e. The van der Waals surface area contributed by atoms with Crippen molar-refractivity contribution in [2.75, 3.05) is 32.8 Å². The summed E-state index contributed by atoms with van der Waals surface area (Å²) in [7, 11) is 0. The first-order valence-corrected chi connectivity index (χ1v) is 11.4. The van der Waals surface area contributed by atoms with Gasteiger partial charge in [0.25, 0.3) is 0 Å². The molecule has 0 aromatic rings. The van der Waals surface area contributed by atoms with Crippen molar-refractivity contribution >= 4 is 11.9 Å². The molecule has 1 N–H and O–H groups in total. The van der Waals surface area contributed by atoms with Gasteiger partial charge in [-0.1, -0.05) is 51.9 Å². The molecule has 0 aromatic carbocycles. The molecule has 0 aromatic heterocycles. The molecule has 0 amide bonds. The third-order valence-electron chi connectivity index (χ3n) is 6.16. The van der Waals surface area contributed by atoms with E-state index < -0.39 is 0 Å². The molecule has 0 radical (unpaired) electrons. The predicted octanol–water partition coefficient (Wildman–Crippen LogP) is 2.92. The molecule has 2 fully saturated rings. The molecule has 0 aliphatic heterocycles. The lowest BCUT2D eigenvalue weighted by Crippen LogP contribution is -3.13. The summed E-state index contributed by atoms with van der Waals surface area (Å²) in [6.07, 6.45) is 13.3. The van der Waals surface area contributed by atoms with Gasteiger partial charge in [-0.25, -0.2) is 0 Å². The molecular formula is C22H40NO4+. The summed E-state index contributed by atoms with van der Waals surface area (Å²) in [6.45, 7) is 5.79. The van der Waals surface area contributed by atoms with E-state index in [2.05, 4.69) is 6.92 Å². The number of hydrogen-bond donors (Lipinski definition) is 1. The van der Waals surface area contributed by atoms with Crippen molar-refractivity contribution in [2.24, 2.45) is 11.8 Å². The minimum Gasteiger partial charge on any atom is -0.459 e. The van der Waals surface area contributed by atoms with Crippen LogP contribution < -0.4 is 4.90 Å². The van der Waals surface area contributed by atoms with Crippen molar-refractivity contribution in [3.63, 3.8) is 0 Å². The summed E-state index contributed by atoms with van der Waals surface area (Å²) < 4.78 is 11.1. The standard InChI is InChI=1S/C22H39NO4/c1-2-3-14-23(15-17-26-21(24)19-10-6-4-7-11-19)16-18-27-22(25)20-12-8-5-9-13-20/h19-20H,2-18H2,1H3/p+1. The van der Waals surface area contributed by atoms with Crippen molar-refractivity contribution in [2.45, 2.75) is 84.0 Å². The quantitative estimate of drug-likeness (QED) is 0.558. The molecule has 5 heteroatoms. The lowest BCUT2D eigenvalue weighted by atomic mass is 9.89. The summed E-state index contributed by atoms with van der Waals surface area (Å²) in [4.78, 5) is 25.7. The zero-order chi connectivity index (χ0) is 19.3. The normalized spacial score (nSPS) is 19.2. The molecule has 2 aliphatic carbocycles. The van der Waals surface area contributed by atoms with E-state index >= 15 is 0 Å². The van der Waals surface area contributed by atoms with Gasteiger partial charge >= 0.3 is 11.9 Å². The van der Waals surface area contributed by atoms with E-state index in [0.29, 0.717) is 13.2 Å².